The normalized spacial score (nSPS) is 10.6. The number of hydrazine groups is 1. The van der Waals surface area contributed by atoms with Crippen molar-refractivity contribution in [3.8, 4) is 0 Å². The number of nitrogens with one attached hydrogen (secondary N) is 3. The van der Waals surface area contributed by atoms with Gasteiger partial charge in [0, 0.05) is 17.8 Å². The molecule has 3 N–H and O–H groups in total. The number of urea groups is 1. The molecule has 7 nitrogen and oxygen atoms in total. The maximum absolute atomic E-state index is 12.3. The van der Waals surface area contributed by atoms with E-state index < -0.39 is 11.9 Å². The molecule has 0 saturated carbocycles. The average molecular weight is 351 g/mol. The monoisotopic (exact) mass is 351 g/mol. The SMILES string of the molecule is CCn1c(C)nc2cc(C(=O)NNC(=O)Nc3ccc(C)cc3)ccc21. The number of hydrogen-bond acceptors (Lipinski definition) is 3. The highest BCUT2D eigenvalue weighted by Gasteiger charge is 2.11. The second-order valence-electron chi connectivity index (χ2n) is 6.01. The maximum Gasteiger partial charge on any atom is 0.337 e. The summed E-state index contributed by atoms with van der Waals surface area (Å²) in [7, 11) is 0. The number of rotatable bonds is 3. The van der Waals surface area contributed by atoms with Crippen LogP contribution in [0.15, 0.2) is 42.5 Å². The fraction of sp³-hybridized carbons (Fsp3) is 0.211. The number of nitrogens with zero attached hydrogens (tertiary/aromatic N) is 2. The first-order chi connectivity index (χ1) is 12.5. The highest BCUT2D eigenvalue weighted by atomic mass is 16.2. The van der Waals surface area contributed by atoms with E-state index in [9.17, 15) is 9.59 Å². The molecule has 0 spiro atoms. The number of hydrogen-bond donors (Lipinski definition) is 3. The third-order valence-electron chi connectivity index (χ3n) is 4.12. The van der Waals surface area contributed by atoms with Gasteiger partial charge >= 0.3 is 6.03 Å². The Balaban J connectivity index is 1.63. The molecule has 3 rings (SSSR count). The first kappa shape index (κ1) is 17.5. The third-order valence-corrected chi connectivity index (χ3v) is 4.12. The van der Waals surface area contributed by atoms with Crippen LogP contribution in [0.1, 0.15) is 28.7 Å². The first-order valence-corrected chi connectivity index (χ1v) is 8.39. The fourth-order valence-corrected chi connectivity index (χ4v) is 2.78. The van der Waals surface area contributed by atoms with E-state index in [4.69, 9.17) is 0 Å². The van der Waals surface area contributed by atoms with Crippen LogP contribution >= 0.6 is 0 Å². The number of carbonyl (C=O) groups excluding carboxylic acids is 2. The fourth-order valence-electron chi connectivity index (χ4n) is 2.78. The third kappa shape index (κ3) is 3.66. The van der Waals surface area contributed by atoms with Gasteiger partial charge in [0.05, 0.1) is 11.0 Å². The molecule has 0 saturated heterocycles. The van der Waals surface area contributed by atoms with Gasteiger partial charge in [0.25, 0.3) is 5.91 Å². The minimum atomic E-state index is -0.519. The molecule has 134 valence electrons. The molecule has 0 aliphatic rings. The first-order valence-electron chi connectivity index (χ1n) is 8.39. The zero-order valence-corrected chi connectivity index (χ0v) is 15.0. The lowest BCUT2D eigenvalue weighted by atomic mass is 10.2. The molecule has 1 aromatic heterocycles. The van der Waals surface area contributed by atoms with E-state index in [1.54, 1.807) is 24.3 Å². The number of fused-ring (bicyclic) bond motifs is 1. The lowest BCUT2D eigenvalue weighted by molar-refractivity contribution is 0.0938. The van der Waals surface area contributed by atoms with Crippen LogP contribution in [-0.2, 0) is 6.54 Å². The van der Waals surface area contributed by atoms with Crippen LogP contribution in [0.2, 0.25) is 0 Å². The minimum absolute atomic E-state index is 0.408. The highest BCUT2D eigenvalue weighted by molar-refractivity contribution is 5.99. The summed E-state index contributed by atoms with van der Waals surface area (Å²) in [5.74, 6) is 0.491. The number of imidazole rings is 1. The van der Waals surface area contributed by atoms with Gasteiger partial charge in [-0.05, 0) is 51.1 Å². The van der Waals surface area contributed by atoms with Crippen molar-refractivity contribution in [1.29, 1.82) is 0 Å². The van der Waals surface area contributed by atoms with Crippen LogP contribution in [0.5, 0.6) is 0 Å². The number of amides is 3. The van der Waals surface area contributed by atoms with Crippen LogP contribution < -0.4 is 16.2 Å². The smallest absolute Gasteiger partial charge is 0.329 e. The molecular formula is C19H21N5O2. The zero-order chi connectivity index (χ0) is 18.7. The van der Waals surface area contributed by atoms with E-state index in [-0.39, 0.29) is 0 Å². The largest absolute Gasteiger partial charge is 0.337 e. The van der Waals surface area contributed by atoms with Crippen LogP contribution in [-0.4, -0.2) is 21.5 Å². The molecule has 2 aromatic carbocycles. The number of benzene rings is 2. The predicted molar refractivity (Wildman–Crippen MR) is 101 cm³/mol. The molecule has 0 unspecified atom stereocenters. The van der Waals surface area contributed by atoms with Crippen LogP contribution in [0, 0.1) is 13.8 Å². The summed E-state index contributed by atoms with van der Waals surface area (Å²) in [5.41, 5.74) is 8.63. The maximum atomic E-state index is 12.3. The van der Waals surface area contributed by atoms with Gasteiger partial charge in [0.1, 0.15) is 5.82 Å². The molecule has 3 aromatic rings. The molecule has 0 aliphatic heterocycles. The summed E-state index contributed by atoms with van der Waals surface area (Å²) in [6.45, 7) is 6.76. The van der Waals surface area contributed by atoms with Crippen molar-refractivity contribution >= 4 is 28.7 Å². The summed E-state index contributed by atoms with van der Waals surface area (Å²) in [4.78, 5) is 28.6. The average Bonchev–Trinajstić information content (AvgIpc) is 2.95. The van der Waals surface area contributed by atoms with Gasteiger partial charge in [0.15, 0.2) is 0 Å². The van der Waals surface area contributed by atoms with Gasteiger partial charge in [-0.3, -0.25) is 10.2 Å². The van der Waals surface area contributed by atoms with Crippen molar-refractivity contribution in [2.24, 2.45) is 0 Å². The van der Waals surface area contributed by atoms with E-state index in [1.807, 2.05) is 39.0 Å². The number of aromatic nitrogens is 2. The Hall–Kier alpha value is -3.35. The lowest BCUT2D eigenvalue weighted by Crippen LogP contribution is -2.43. The number of anilines is 1. The second-order valence-corrected chi connectivity index (χ2v) is 6.01. The Morgan fingerprint density at radius 3 is 2.46 bits per heavy atom. The van der Waals surface area contributed by atoms with Gasteiger partial charge in [-0.25, -0.2) is 15.2 Å². The zero-order valence-electron chi connectivity index (χ0n) is 15.0. The van der Waals surface area contributed by atoms with Gasteiger partial charge in [-0.1, -0.05) is 17.7 Å². The summed E-state index contributed by atoms with van der Waals surface area (Å²) in [5, 5.41) is 2.64. The summed E-state index contributed by atoms with van der Waals surface area (Å²) < 4.78 is 2.07. The van der Waals surface area contributed by atoms with E-state index in [0.29, 0.717) is 11.3 Å². The summed E-state index contributed by atoms with van der Waals surface area (Å²) in [6.07, 6.45) is 0. The molecule has 0 atom stereocenters. The van der Waals surface area contributed by atoms with Crippen molar-refractivity contribution in [3.63, 3.8) is 0 Å². The summed E-state index contributed by atoms with van der Waals surface area (Å²) in [6, 6.07) is 12.1. The number of aryl methyl sites for hydroxylation is 3. The molecule has 26 heavy (non-hydrogen) atoms. The molecule has 0 bridgehead atoms. The molecule has 7 heteroatoms. The van der Waals surface area contributed by atoms with E-state index >= 15 is 0 Å². The van der Waals surface area contributed by atoms with E-state index in [2.05, 4.69) is 25.7 Å². The molecule has 1 heterocycles. The predicted octanol–water partition coefficient (Wildman–Crippen LogP) is 3.14. The Bertz CT molecular complexity index is 960. The van der Waals surface area contributed by atoms with Crippen molar-refractivity contribution < 1.29 is 9.59 Å². The van der Waals surface area contributed by atoms with Gasteiger partial charge in [-0.15, -0.1) is 0 Å². The minimum Gasteiger partial charge on any atom is -0.329 e. The van der Waals surface area contributed by atoms with Gasteiger partial charge < -0.3 is 9.88 Å². The van der Waals surface area contributed by atoms with Crippen LogP contribution in [0.4, 0.5) is 10.5 Å². The van der Waals surface area contributed by atoms with Gasteiger partial charge in [-0.2, -0.15) is 0 Å². The van der Waals surface area contributed by atoms with E-state index in [1.165, 1.54) is 0 Å². The quantitative estimate of drug-likeness (QED) is 0.634. The highest BCUT2D eigenvalue weighted by Crippen LogP contribution is 2.17. The van der Waals surface area contributed by atoms with Crippen LogP contribution in [0.3, 0.4) is 0 Å². The van der Waals surface area contributed by atoms with Gasteiger partial charge in [0.2, 0.25) is 0 Å². The number of carbonyl (C=O) groups is 2. The van der Waals surface area contributed by atoms with Crippen molar-refractivity contribution in [2.45, 2.75) is 27.3 Å². The van der Waals surface area contributed by atoms with Crippen LogP contribution in [0.25, 0.3) is 11.0 Å². The molecule has 0 aliphatic carbocycles. The Labute approximate surface area is 151 Å². The Morgan fingerprint density at radius 1 is 1.04 bits per heavy atom. The second kappa shape index (κ2) is 7.26. The standard InChI is InChI=1S/C19H21N5O2/c1-4-24-13(3)20-16-11-14(7-10-17(16)24)18(25)22-23-19(26)21-15-8-5-12(2)6-9-15/h5-11H,4H2,1-3H3,(H,22,25)(H2,21,23,26). The topological polar surface area (TPSA) is 88.1 Å². The molecule has 0 fully saturated rings. The van der Waals surface area contributed by atoms with E-state index in [0.717, 1.165) is 29.0 Å². The molecule has 0 radical (unpaired) electrons. The lowest BCUT2D eigenvalue weighted by Gasteiger charge is -2.09. The Morgan fingerprint density at radius 2 is 1.77 bits per heavy atom. The molecular weight excluding hydrogens is 330 g/mol. The van der Waals surface area contributed by atoms with Crippen molar-refractivity contribution in [2.75, 3.05) is 5.32 Å². The molecule has 3 amide bonds. The van der Waals surface area contributed by atoms with Crippen molar-refractivity contribution in [1.82, 2.24) is 20.4 Å². The van der Waals surface area contributed by atoms with Crippen molar-refractivity contribution in [3.05, 3.63) is 59.4 Å². The Kier molecular flexibility index (Phi) is 4.88. The summed E-state index contributed by atoms with van der Waals surface area (Å²) >= 11 is 0.